The highest BCUT2D eigenvalue weighted by atomic mass is 19.4. The average Bonchev–Trinajstić information content (AvgIpc) is 2.40. The lowest BCUT2D eigenvalue weighted by atomic mass is 10.1. The lowest BCUT2D eigenvalue weighted by Gasteiger charge is -2.37. The Morgan fingerprint density at radius 1 is 1.14 bits per heavy atom. The van der Waals surface area contributed by atoms with Gasteiger partial charge in [-0.2, -0.15) is 13.2 Å². The maximum Gasteiger partial charge on any atom is 0.397 e. The molecule has 1 aromatic rings. The second kappa shape index (κ2) is 5.95. The van der Waals surface area contributed by atoms with E-state index < -0.39 is 18.5 Å². The number of hydrogen-bond donors (Lipinski definition) is 0. The summed E-state index contributed by atoms with van der Waals surface area (Å²) >= 11 is 0. The summed E-state index contributed by atoms with van der Waals surface area (Å²) in [5, 5.41) is 0. The van der Waals surface area contributed by atoms with Crippen molar-refractivity contribution in [2.75, 3.05) is 31.1 Å². The Balaban J connectivity index is 1.97. The third-order valence-electron chi connectivity index (χ3n) is 3.90. The second-order valence-electron chi connectivity index (χ2n) is 5.38. The van der Waals surface area contributed by atoms with E-state index in [1.54, 1.807) is 0 Å². The molecule has 3 nitrogen and oxygen atoms in total. The van der Waals surface area contributed by atoms with Gasteiger partial charge in [0.25, 0.3) is 0 Å². The van der Waals surface area contributed by atoms with Crippen molar-refractivity contribution in [3.8, 4) is 0 Å². The van der Waals surface area contributed by atoms with E-state index in [-0.39, 0.29) is 0 Å². The number of halogens is 3. The number of benzene rings is 1. The van der Waals surface area contributed by atoms with Crippen molar-refractivity contribution in [1.82, 2.24) is 4.90 Å². The highest BCUT2D eigenvalue weighted by Gasteiger charge is 2.34. The van der Waals surface area contributed by atoms with Gasteiger partial charge >= 0.3 is 6.18 Å². The minimum atomic E-state index is -4.43. The normalized spacial score (nSPS) is 16.2. The van der Waals surface area contributed by atoms with Crippen LogP contribution in [0.25, 0.3) is 0 Å². The largest absolute Gasteiger partial charge is 0.397 e. The molecule has 1 amide bonds. The number of piperazine rings is 1. The Bertz CT molecular complexity index is 520. The Labute approximate surface area is 122 Å². The first kappa shape index (κ1) is 15.7. The van der Waals surface area contributed by atoms with Crippen molar-refractivity contribution in [1.29, 1.82) is 0 Å². The Morgan fingerprint density at radius 2 is 1.76 bits per heavy atom. The van der Waals surface area contributed by atoms with Gasteiger partial charge in [0.15, 0.2) is 0 Å². The van der Waals surface area contributed by atoms with Crippen LogP contribution in [0.4, 0.5) is 18.9 Å². The monoisotopic (exact) mass is 300 g/mol. The molecule has 1 aliphatic rings. The highest BCUT2D eigenvalue weighted by molar-refractivity contribution is 5.77. The molecule has 0 bridgehead atoms. The van der Waals surface area contributed by atoms with Crippen molar-refractivity contribution in [3.63, 3.8) is 0 Å². The first-order valence-electron chi connectivity index (χ1n) is 6.93. The molecule has 1 aromatic carbocycles. The number of aryl methyl sites for hydroxylation is 1. The smallest absolute Gasteiger partial charge is 0.368 e. The minimum Gasteiger partial charge on any atom is -0.368 e. The van der Waals surface area contributed by atoms with E-state index in [2.05, 4.69) is 4.90 Å². The molecule has 0 atom stereocenters. The minimum absolute atomic E-state index is 0.336. The molecule has 1 aliphatic heterocycles. The van der Waals surface area contributed by atoms with Gasteiger partial charge in [-0.15, -0.1) is 0 Å². The molecule has 0 aromatic heterocycles. The zero-order valence-electron chi connectivity index (χ0n) is 12.2. The standard InChI is InChI=1S/C15H19F3N2O/c1-11-4-3-5-13(12(11)2)19-6-8-20(9-7-19)14(21)10-15(16,17)18/h3-5H,6-10H2,1-2H3. The van der Waals surface area contributed by atoms with Gasteiger partial charge in [-0.3, -0.25) is 4.79 Å². The van der Waals surface area contributed by atoms with Crippen LogP contribution in [0.1, 0.15) is 17.5 Å². The van der Waals surface area contributed by atoms with Crippen LogP contribution in [-0.4, -0.2) is 43.2 Å². The fraction of sp³-hybridized carbons (Fsp3) is 0.533. The van der Waals surface area contributed by atoms with Crippen LogP contribution in [0.3, 0.4) is 0 Å². The van der Waals surface area contributed by atoms with Crippen LogP contribution >= 0.6 is 0 Å². The third kappa shape index (κ3) is 3.89. The quantitative estimate of drug-likeness (QED) is 0.838. The number of carbonyl (C=O) groups is 1. The summed E-state index contributed by atoms with van der Waals surface area (Å²) in [6, 6.07) is 6.01. The van der Waals surface area contributed by atoms with Gasteiger partial charge < -0.3 is 9.80 Å². The lowest BCUT2D eigenvalue weighted by molar-refractivity contribution is -0.161. The molecule has 0 unspecified atom stereocenters. The zero-order valence-corrected chi connectivity index (χ0v) is 12.2. The Hall–Kier alpha value is -1.72. The maximum atomic E-state index is 12.2. The number of amides is 1. The zero-order chi connectivity index (χ0) is 15.6. The summed E-state index contributed by atoms with van der Waals surface area (Å²) < 4.78 is 36.7. The molecule has 1 heterocycles. The first-order chi connectivity index (χ1) is 9.78. The van der Waals surface area contributed by atoms with Gasteiger partial charge in [-0.1, -0.05) is 12.1 Å². The summed E-state index contributed by atoms with van der Waals surface area (Å²) in [5.41, 5.74) is 3.45. The van der Waals surface area contributed by atoms with E-state index in [1.807, 2.05) is 32.0 Å². The van der Waals surface area contributed by atoms with Crippen LogP contribution in [0, 0.1) is 13.8 Å². The van der Waals surface area contributed by atoms with Crippen molar-refractivity contribution in [2.24, 2.45) is 0 Å². The Kier molecular flexibility index (Phi) is 4.44. The van der Waals surface area contributed by atoms with Crippen molar-refractivity contribution < 1.29 is 18.0 Å². The van der Waals surface area contributed by atoms with Crippen LogP contribution in [0.2, 0.25) is 0 Å². The van der Waals surface area contributed by atoms with E-state index in [0.717, 1.165) is 5.69 Å². The second-order valence-corrected chi connectivity index (χ2v) is 5.38. The lowest BCUT2D eigenvalue weighted by Crippen LogP contribution is -2.49. The number of anilines is 1. The SMILES string of the molecule is Cc1cccc(N2CCN(C(=O)CC(F)(F)F)CC2)c1C. The summed E-state index contributed by atoms with van der Waals surface area (Å²) in [5.74, 6) is -0.830. The third-order valence-corrected chi connectivity index (χ3v) is 3.90. The molecule has 0 radical (unpaired) electrons. The van der Waals surface area contributed by atoms with E-state index in [1.165, 1.54) is 16.0 Å². The summed E-state index contributed by atoms with van der Waals surface area (Å²) in [6.45, 7) is 5.86. The summed E-state index contributed by atoms with van der Waals surface area (Å²) in [4.78, 5) is 15.0. The predicted octanol–water partition coefficient (Wildman–Crippen LogP) is 2.90. The number of rotatable bonds is 2. The van der Waals surface area contributed by atoms with Gasteiger partial charge in [0.05, 0.1) is 0 Å². The molecule has 116 valence electrons. The van der Waals surface area contributed by atoms with Gasteiger partial charge in [0.2, 0.25) is 5.91 Å². The van der Waals surface area contributed by atoms with Gasteiger partial charge in [0, 0.05) is 31.9 Å². The van der Waals surface area contributed by atoms with E-state index in [4.69, 9.17) is 0 Å². The Morgan fingerprint density at radius 3 is 2.33 bits per heavy atom. The van der Waals surface area contributed by atoms with Crippen molar-refractivity contribution >= 4 is 11.6 Å². The van der Waals surface area contributed by atoms with Crippen molar-refractivity contribution in [3.05, 3.63) is 29.3 Å². The average molecular weight is 300 g/mol. The molecule has 0 saturated carbocycles. The number of hydrogen-bond acceptors (Lipinski definition) is 2. The molecule has 0 N–H and O–H groups in total. The van der Waals surface area contributed by atoms with Crippen LogP contribution in [0.5, 0.6) is 0 Å². The summed E-state index contributed by atoms with van der Waals surface area (Å²) in [7, 11) is 0. The van der Waals surface area contributed by atoms with E-state index >= 15 is 0 Å². The molecule has 0 spiro atoms. The molecule has 1 saturated heterocycles. The molecule has 6 heteroatoms. The van der Waals surface area contributed by atoms with E-state index in [0.29, 0.717) is 26.2 Å². The number of alkyl halides is 3. The molecular weight excluding hydrogens is 281 g/mol. The van der Waals surface area contributed by atoms with E-state index in [9.17, 15) is 18.0 Å². The molecule has 21 heavy (non-hydrogen) atoms. The predicted molar refractivity (Wildman–Crippen MR) is 75.4 cm³/mol. The van der Waals surface area contributed by atoms with Gasteiger partial charge in [-0.25, -0.2) is 0 Å². The van der Waals surface area contributed by atoms with Crippen molar-refractivity contribution in [2.45, 2.75) is 26.4 Å². The topological polar surface area (TPSA) is 23.6 Å². The van der Waals surface area contributed by atoms with Gasteiger partial charge in [-0.05, 0) is 31.0 Å². The molecule has 1 fully saturated rings. The fourth-order valence-corrected chi connectivity index (χ4v) is 2.56. The fourth-order valence-electron chi connectivity index (χ4n) is 2.56. The van der Waals surface area contributed by atoms with Gasteiger partial charge in [0.1, 0.15) is 6.42 Å². The van der Waals surface area contributed by atoms with Crippen LogP contribution < -0.4 is 4.90 Å². The number of nitrogens with zero attached hydrogens (tertiary/aromatic N) is 2. The highest BCUT2D eigenvalue weighted by Crippen LogP contribution is 2.25. The van der Waals surface area contributed by atoms with Crippen LogP contribution in [0.15, 0.2) is 18.2 Å². The summed E-state index contributed by atoms with van der Waals surface area (Å²) in [6.07, 6.45) is -5.79. The van der Waals surface area contributed by atoms with Crippen LogP contribution in [-0.2, 0) is 4.79 Å². The number of carbonyl (C=O) groups excluding carboxylic acids is 1. The first-order valence-corrected chi connectivity index (χ1v) is 6.93. The maximum absolute atomic E-state index is 12.2. The molecule has 2 rings (SSSR count). The molecular formula is C15H19F3N2O. The molecule has 0 aliphatic carbocycles.